The largest absolute Gasteiger partial charge is 0.480 e. The average molecular weight is 356 g/mol. The van der Waals surface area contributed by atoms with Crippen molar-refractivity contribution in [3.05, 3.63) is 28.2 Å². The SMILES string of the molecule is CCCN(CC(=O)O)CC(=O)Nc1c(Cl)cccc1Cl.Cl. The number of benzene rings is 1. The van der Waals surface area contributed by atoms with Crippen LogP contribution in [0.4, 0.5) is 5.69 Å². The molecular formula is C13H17Cl3N2O3. The van der Waals surface area contributed by atoms with Gasteiger partial charge in [0.1, 0.15) is 0 Å². The first-order chi connectivity index (χ1) is 9.43. The van der Waals surface area contributed by atoms with Crippen LogP contribution >= 0.6 is 35.6 Å². The summed E-state index contributed by atoms with van der Waals surface area (Å²) in [5.74, 6) is -1.32. The number of hydrogen-bond acceptors (Lipinski definition) is 3. The van der Waals surface area contributed by atoms with E-state index in [-0.39, 0.29) is 31.4 Å². The fourth-order valence-corrected chi connectivity index (χ4v) is 2.21. The summed E-state index contributed by atoms with van der Waals surface area (Å²) in [6, 6.07) is 4.91. The summed E-state index contributed by atoms with van der Waals surface area (Å²) < 4.78 is 0. The maximum absolute atomic E-state index is 11.9. The predicted octanol–water partition coefficient (Wildman–Crippen LogP) is 3.15. The summed E-state index contributed by atoms with van der Waals surface area (Å²) in [4.78, 5) is 24.2. The molecule has 1 aromatic carbocycles. The number of para-hydroxylation sites is 1. The van der Waals surface area contributed by atoms with Gasteiger partial charge in [0.2, 0.25) is 5.91 Å². The molecule has 1 amide bonds. The van der Waals surface area contributed by atoms with E-state index in [2.05, 4.69) is 5.32 Å². The lowest BCUT2D eigenvalue weighted by molar-refractivity contribution is -0.138. The molecule has 8 heteroatoms. The Morgan fingerprint density at radius 1 is 1.24 bits per heavy atom. The molecule has 21 heavy (non-hydrogen) atoms. The third-order valence-corrected chi connectivity index (χ3v) is 3.12. The third kappa shape index (κ3) is 7.00. The van der Waals surface area contributed by atoms with Gasteiger partial charge in [-0.2, -0.15) is 0 Å². The van der Waals surface area contributed by atoms with E-state index in [0.29, 0.717) is 22.3 Å². The Morgan fingerprint density at radius 2 is 1.81 bits per heavy atom. The monoisotopic (exact) mass is 354 g/mol. The van der Waals surface area contributed by atoms with Crippen molar-refractivity contribution in [2.75, 3.05) is 25.0 Å². The minimum atomic E-state index is -0.970. The van der Waals surface area contributed by atoms with Crippen molar-refractivity contribution < 1.29 is 14.7 Å². The van der Waals surface area contributed by atoms with Gasteiger partial charge in [0.15, 0.2) is 0 Å². The van der Waals surface area contributed by atoms with Crippen LogP contribution < -0.4 is 5.32 Å². The highest BCUT2D eigenvalue weighted by Gasteiger charge is 2.15. The van der Waals surface area contributed by atoms with Crippen LogP contribution in [0.5, 0.6) is 0 Å². The van der Waals surface area contributed by atoms with E-state index in [4.69, 9.17) is 28.3 Å². The number of hydrogen-bond donors (Lipinski definition) is 2. The first kappa shape index (κ1) is 20.0. The van der Waals surface area contributed by atoms with Crippen LogP contribution in [0.15, 0.2) is 18.2 Å². The molecule has 0 atom stereocenters. The van der Waals surface area contributed by atoms with Crippen LogP contribution in [-0.2, 0) is 9.59 Å². The van der Waals surface area contributed by atoms with Crippen molar-refractivity contribution in [3.8, 4) is 0 Å². The number of anilines is 1. The van der Waals surface area contributed by atoms with Crippen molar-refractivity contribution >= 4 is 53.2 Å². The molecule has 118 valence electrons. The zero-order valence-electron chi connectivity index (χ0n) is 11.4. The molecule has 0 unspecified atom stereocenters. The van der Waals surface area contributed by atoms with Gasteiger partial charge in [0.05, 0.1) is 28.8 Å². The summed E-state index contributed by atoms with van der Waals surface area (Å²) in [7, 11) is 0. The Hall–Kier alpha value is -1.01. The average Bonchev–Trinajstić information content (AvgIpc) is 2.33. The number of carboxylic acid groups (broad SMARTS) is 1. The lowest BCUT2D eigenvalue weighted by atomic mass is 10.3. The van der Waals surface area contributed by atoms with Crippen LogP contribution in [-0.4, -0.2) is 41.5 Å². The predicted molar refractivity (Wildman–Crippen MR) is 86.7 cm³/mol. The number of nitrogens with zero attached hydrogens (tertiary/aromatic N) is 1. The quantitative estimate of drug-likeness (QED) is 0.788. The molecule has 0 aliphatic rings. The Morgan fingerprint density at radius 3 is 2.29 bits per heavy atom. The maximum atomic E-state index is 11.9. The first-order valence-electron chi connectivity index (χ1n) is 6.12. The normalized spacial score (nSPS) is 10.1. The van der Waals surface area contributed by atoms with Crippen molar-refractivity contribution in [2.45, 2.75) is 13.3 Å². The summed E-state index contributed by atoms with van der Waals surface area (Å²) in [6.07, 6.45) is 0.757. The molecule has 0 fully saturated rings. The zero-order valence-corrected chi connectivity index (χ0v) is 13.8. The topological polar surface area (TPSA) is 69.6 Å². The lowest BCUT2D eigenvalue weighted by Gasteiger charge is -2.19. The summed E-state index contributed by atoms with van der Waals surface area (Å²) in [6.45, 7) is 2.23. The summed E-state index contributed by atoms with van der Waals surface area (Å²) >= 11 is 11.9. The minimum Gasteiger partial charge on any atom is -0.480 e. The van der Waals surface area contributed by atoms with Gasteiger partial charge in [0.25, 0.3) is 0 Å². The van der Waals surface area contributed by atoms with Crippen molar-refractivity contribution in [2.24, 2.45) is 0 Å². The van der Waals surface area contributed by atoms with Gasteiger partial charge in [-0.15, -0.1) is 12.4 Å². The molecule has 0 spiro atoms. The Balaban J connectivity index is 0.00000400. The fraction of sp³-hybridized carbons (Fsp3) is 0.385. The summed E-state index contributed by atoms with van der Waals surface area (Å²) in [5, 5.41) is 12.1. The number of aliphatic carboxylic acids is 1. The molecule has 0 aliphatic heterocycles. The lowest BCUT2D eigenvalue weighted by Crippen LogP contribution is -2.37. The van der Waals surface area contributed by atoms with Crippen LogP contribution in [0.2, 0.25) is 10.0 Å². The zero-order chi connectivity index (χ0) is 15.1. The molecular weight excluding hydrogens is 339 g/mol. The first-order valence-corrected chi connectivity index (χ1v) is 6.87. The number of carbonyl (C=O) groups is 2. The Labute approximate surface area is 139 Å². The molecule has 0 bridgehead atoms. The number of nitrogens with one attached hydrogen (secondary N) is 1. The van der Waals surface area contributed by atoms with Gasteiger partial charge in [-0.3, -0.25) is 14.5 Å². The molecule has 1 aromatic rings. The second kappa shape index (κ2) is 9.84. The number of carbonyl (C=O) groups excluding carboxylic acids is 1. The van der Waals surface area contributed by atoms with E-state index in [9.17, 15) is 9.59 Å². The number of halogens is 3. The second-order valence-electron chi connectivity index (χ2n) is 4.25. The van der Waals surface area contributed by atoms with E-state index < -0.39 is 5.97 Å². The third-order valence-electron chi connectivity index (χ3n) is 2.49. The standard InChI is InChI=1S/C13H16Cl2N2O3.ClH/c1-2-6-17(8-12(19)20)7-11(18)16-13-9(14)4-3-5-10(13)15;/h3-5H,2,6-8H2,1H3,(H,16,18)(H,19,20);1H. The van der Waals surface area contributed by atoms with E-state index in [0.717, 1.165) is 6.42 Å². The molecule has 0 saturated carbocycles. The molecule has 2 N–H and O–H groups in total. The Bertz CT molecular complexity index is 477. The van der Waals surface area contributed by atoms with E-state index in [1.807, 2.05) is 6.92 Å². The second-order valence-corrected chi connectivity index (χ2v) is 5.06. The molecule has 0 aromatic heterocycles. The van der Waals surface area contributed by atoms with E-state index in [1.165, 1.54) is 0 Å². The van der Waals surface area contributed by atoms with Gasteiger partial charge < -0.3 is 10.4 Å². The van der Waals surface area contributed by atoms with Gasteiger partial charge in [-0.05, 0) is 25.1 Å². The molecule has 0 saturated heterocycles. The molecule has 0 aliphatic carbocycles. The minimum absolute atomic E-state index is 0. The Kier molecular flexibility index (Phi) is 9.37. The van der Waals surface area contributed by atoms with Crippen LogP contribution in [0.25, 0.3) is 0 Å². The van der Waals surface area contributed by atoms with Crippen LogP contribution in [0, 0.1) is 0 Å². The van der Waals surface area contributed by atoms with Gasteiger partial charge >= 0.3 is 5.97 Å². The molecule has 0 radical (unpaired) electrons. The van der Waals surface area contributed by atoms with E-state index in [1.54, 1.807) is 23.1 Å². The molecule has 0 heterocycles. The fourth-order valence-electron chi connectivity index (χ4n) is 1.72. The smallest absolute Gasteiger partial charge is 0.317 e. The van der Waals surface area contributed by atoms with Gasteiger partial charge in [0, 0.05) is 0 Å². The number of rotatable bonds is 7. The molecule has 5 nitrogen and oxygen atoms in total. The van der Waals surface area contributed by atoms with Crippen molar-refractivity contribution in [3.63, 3.8) is 0 Å². The van der Waals surface area contributed by atoms with Crippen molar-refractivity contribution in [1.29, 1.82) is 0 Å². The van der Waals surface area contributed by atoms with Gasteiger partial charge in [-0.1, -0.05) is 36.2 Å². The number of carboxylic acids is 1. The van der Waals surface area contributed by atoms with Crippen molar-refractivity contribution in [1.82, 2.24) is 4.90 Å². The van der Waals surface area contributed by atoms with E-state index >= 15 is 0 Å². The van der Waals surface area contributed by atoms with Crippen LogP contribution in [0.1, 0.15) is 13.3 Å². The molecule has 1 rings (SSSR count). The highest BCUT2D eigenvalue weighted by Crippen LogP contribution is 2.29. The highest BCUT2D eigenvalue weighted by molar-refractivity contribution is 6.39. The highest BCUT2D eigenvalue weighted by atomic mass is 35.5. The maximum Gasteiger partial charge on any atom is 0.317 e. The van der Waals surface area contributed by atoms with Gasteiger partial charge in [-0.25, -0.2) is 0 Å². The number of amides is 1. The summed E-state index contributed by atoms with van der Waals surface area (Å²) in [5.41, 5.74) is 0.340. The van der Waals surface area contributed by atoms with Crippen LogP contribution in [0.3, 0.4) is 0 Å².